The van der Waals surface area contributed by atoms with E-state index in [0.717, 1.165) is 45.1 Å². The number of hydrogen-bond acceptors (Lipinski definition) is 2. The second-order valence-corrected chi connectivity index (χ2v) is 9.43. The number of hydrogen-bond donors (Lipinski definition) is 1. The van der Waals surface area contributed by atoms with Crippen LogP contribution in [0.5, 0.6) is 0 Å². The molecule has 35 heavy (non-hydrogen) atoms. The van der Waals surface area contributed by atoms with Crippen LogP contribution in [-0.4, -0.2) is 23.7 Å². The minimum Gasteiger partial charge on any atom is -0.358 e. The SMILES string of the molecule is Cc1[nH]c2ccccc2c1CC(=O)C[C@@H](Cc1ccccc1)C(=O)N(C)c1ccc2c(c1)=CCC=2. The number of fused-ring (bicyclic) bond motifs is 2. The maximum absolute atomic E-state index is 13.7. The number of amides is 1. The van der Waals surface area contributed by atoms with Gasteiger partial charge in [0.2, 0.25) is 5.91 Å². The standard InChI is InChI=1S/C31H30N2O2/c1-21-29(28-13-6-7-14-30(28)32-21)20-27(34)19-25(17-22-9-4-3-5-10-22)31(35)33(2)26-16-15-23-11-8-12-24(23)18-26/h3-7,9-16,18,25,32H,8,17,19-20H2,1-2H3/t25-/m1/s1. The number of nitrogens with one attached hydrogen (secondary N) is 1. The van der Waals surface area contributed by atoms with Crippen LogP contribution in [0.2, 0.25) is 0 Å². The minimum atomic E-state index is -0.427. The molecule has 0 saturated heterocycles. The Hall–Kier alpha value is -3.92. The third-order valence-corrected chi connectivity index (χ3v) is 7.01. The van der Waals surface area contributed by atoms with Gasteiger partial charge in [0.1, 0.15) is 5.78 Å². The number of nitrogens with zero attached hydrogens (tertiary/aromatic N) is 1. The van der Waals surface area contributed by atoms with E-state index in [-0.39, 0.29) is 18.1 Å². The third kappa shape index (κ3) is 4.83. The smallest absolute Gasteiger partial charge is 0.230 e. The highest BCUT2D eigenvalue weighted by Crippen LogP contribution is 2.25. The second kappa shape index (κ2) is 9.75. The van der Waals surface area contributed by atoms with Gasteiger partial charge in [-0.3, -0.25) is 9.59 Å². The van der Waals surface area contributed by atoms with Crippen LogP contribution in [0.25, 0.3) is 23.1 Å². The number of rotatable bonds is 8. The van der Waals surface area contributed by atoms with E-state index >= 15 is 0 Å². The van der Waals surface area contributed by atoms with Gasteiger partial charge in [0.25, 0.3) is 0 Å². The maximum Gasteiger partial charge on any atom is 0.230 e. The summed E-state index contributed by atoms with van der Waals surface area (Å²) in [5.41, 5.74) is 4.99. The molecule has 0 radical (unpaired) electrons. The Morgan fingerprint density at radius 3 is 2.51 bits per heavy atom. The molecule has 0 unspecified atom stereocenters. The molecule has 176 valence electrons. The summed E-state index contributed by atoms with van der Waals surface area (Å²) in [6.07, 6.45) is 6.35. The summed E-state index contributed by atoms with van der Waals surface area (Å²) in [7, 11) is 1.81. The zero-order valence-corrected chi connectivity index (χ0v) is 20.3. The number of para-hydroxylation sites is 1. The fourth-order valence-corrected chi connectivity index (χ4v) is 5.10. The van der Waals surface area contributed by atoms with Gasteiger partial charge in [-0.15, -0.1) is 0 Å². The molecule has 1 N–H and O–H groups in total. The average Bonchev–Trinajstić information content (AvgIpc) is 3.47. The number of ketones is 1. The highest BCUT2D eigenvalue weighted by molar-refractivity contribution is 5.98. The van der Waals surface area contributed by atoms with E-state index in [1.165, 1.54) is 5.22 Å². The van der Waals surface area contributed by atoms with Crippen molar-refractivity contribution in [3.63, 3.8) is 0 Å². The minimum absolute atomic E-state index is 0.0280. The maximum atomic E-state index is 13.7. The Balaban J connectivity index is 1.39. The van der Waals surface area contributed by atoms with Crippen molar-refractivity contribution in [1.82, 2.24) is 4.98 Å². The normalized spacial score (nSPS) is 13.1. The number of anilines is 1. The van der Waals surface area contributed by atoms with Crippen molar-refractivity contribution in [2.24, 2.45) is 5.92 Å². The highest BCUT2D eigenvalue weighted by atomic mass is 16.2. The number of benzene rings is 3. The van der Waals surface area contributed by atoms with Crippen LogP contribution < -0.4 is 15.3 Å². The first kappa shape index (κ1) is 22.9. The number of aryl methyl sites for hydroxylation is 1. The van der Waals surface area contributed by atoms with Gasteiger partial charge in [-0.25, -0.2) is 0 Å². The van der Waals surface area contributed by atoms with Crippen LogP contribution in [0.15, 0.2) is 72.8 Å². The zero-order valence-electron chi connectivity index (χ0n) is 20.3. The quantitative estimate of drug-likeness (QED) is 0.420. The summed E-state index contributed by atoms with van der Waals surface area (Å²) >= 11 is 0. The van der Waals surface area contributed by atoms with Gasteiger partial charge in [-0.2, -0.15) is 0 Å². The first-order valence-electron chi connectivity index (χ1n) is 12.2. The predicted molar refractivity (Wildman–Crippen MR) is 143 cm³/mol. The molecule has 1 aliphatic rings. The van der Waals surface area contributed by atoms with Crippen LogP contribution >= 0.6 is 0 Å². The predicted octanol–water partition coefficient (Wildman–Crippen LogP) is 4.46. The van der Waals surface area contributed by atoms with Crippen LogP contribution in [0, 0.1) is 12.8 Å². The summed E-state index contributed by atoms with van der Waals surface area (Å²) in [4.78, 5) is 32.1. The number of H-pyrrole nitrogens is 1. The largest absolute Gasteiger partial charge is 0.358 e. The van der Waals surface area contributed by atoms with E-state index in [2.05, 4.69) is 29.3 Å². The van der Waals surface area contributed by atoms with E-state index in [9.17, 15) is 9.59 Å². The molecule has 3 aromatic carbocycles. The van der Waals surface area contributed by atoms with Crippen LogP contribution in [-0.2, 0) is 22.4 Å². The first-order valence-corrected chi connectivity index (χ1v) is 12.2. The number of aromatic amines is 1. The van der Waals surface area contributed by atoms with Gasteiger partial charge in [0.15, 0.2) is 0 Å². The van der Waals surface area contributed by atoms with Crippen molar-refractivity contribution in [2.75, 3.05) is 11.9 Å². The molecule has 0 saturated carbocycles. The second-order valence-electron chi connectivity index (χ2n) is 9.43. The molecule has 1 aliphatic carbocycles. The van der Waals surface area contributed by atoms with Gasteiger partial charge >= 0.3 is 0 Å². The van der Waals surface area contributed by atoms with E-state index < -0.39 is 5.92 Å². The monoisotopic (exact) mass is 462 g/mol. The Morgan fingerprint density at radius 1 is 0.943 bits per heavy atom. The average molecular weight is 463 g/mol. The molecule has 0 fully saturated rings. The molecule has 0 aliphatic heterocycles. The molecule has 4 nitrogen and oxygen atoms in total. The summed E-state index contributed by atoms with van der Waals surface area (Å²) in [5, 5.41) is 3.44. The molecule has 1 atom stereocenters. The lowest BCUT2D eigenvalue weighted by Crippen LogP contribution is -2.36. The van der Waals surface area contributed by atoms with Crippen LogP contribution in [0.4, 0.5) is 5.69 Å². The van der Waals surface area contributed by atoms with Crippen LogP contribution in [0.1, 0.15) is 29.7 Å². The molecular formula is C31H30N2O2. The Labute approximate surface area is 205 Å². The van der Waals surface area contributed by atoms with Crippen molar-refractivity contribution in [3.05, 3.63) is 100 Å². The van der Waals surface area contributed by atoms with Gasteiger partial charge in [-0.1, -0.05) is 66.7 Å². The molecule has 5 rings (SSSR count). The fraction of sp³-hybridized carbons (Fsp3) is 0.226. The number of carbonyl (C=O) groups excluding carboxylic acids is 2. The van der Waals surface area contributed by atoms with Gasteiger partial charge in [0, 0.05) is 48.1 Å². The van der Waals surface area contributed by atoms with Crippen molar-refractivity contribution >= 4 is 40.4 Å². The first-order chi connectivity index (χ1) is 17.0. The lowest BCUT2D eigenvalue weighted by Gasteiger charge is -2.24. The number of Topliss-reactive ketones (excluding diaryl/α,β-unsaturated/α-hetero) is 1. The van der Waals surface area contributed by atoms with E-state index in [1.54, 1.807) is 4.90 Å². The topological polar surface area (TPSA) is 53.2 Å². The third-order valence-electron chi connectivity index (χ3n) is 7.01. The molecule has 4 aromatic rings. The highest BCUT2D eigenvalue weighted by Gasteiger charge is 2.27. The molecule has 1 heterocycles. The van der Waals surface area contributed by atoms with Crippen molar-refractivity contribution in [1.29, 1.82) is 0 Å². The van der Waals surface area contributed by atoms with Crippen molar-refractivity contribution in [2.45, 2.75) is 32.6 Å². The summed E-state index contributed by atoms with van der Waals surface area (Å²) in [5.74, 6) is -0.374. The van der Waals surface area contributed by atoms with Gasteiger partial charge < -0.3 is 9.88 Å². The van der Waals surface area contributed by atoms with E-state index in [0.29, 0.717) is 12.8 Å². The van der Waals surface area contributed by atoms with Gasteiger partial charge in [0.05, 0.1) is 0 Å². The van der Waals surface area contributed by atoms with Crippen molar-refractivity contribution in [3.8, 4) is 0 Å². The van der Waals surface area contributed by atoms with Crippen molar-refractivity contribution < 1.29 is 9.59 Å². The lowest BCUT2D eigenvalue weighted by atomic mass is 9.90. The Kier molecular flexibility index (Phi) is 6.37. The van der Waals surface area contributed by atoms with Crippen LogP contribution in [0.3, 0.4) is 0 Å². The number of carbonyl (C=O) groups is 2. The Morgan fingerprint density at radius 2 is 1.69 bits per heavy atom. The molecular weight excluding hydrogens is 432 g/mol. The summed E-state index contributed by atoms with van der Waals surface area (Å²) < 4.78 is 0. The van der Waals surface area contributed by atoms with E-state index in [4.69, 9.17) is 0 Å². The fourth-order valence-electron chi connectivity index (χ4n) is 5.10. The lowest BCUT2D eigenvalue weighted by molar-refractivity contribution is -0.127. The van der Waals surface area contributed by atoms with E-state index in [1.807, 2.05) is 74.6 Å². The molecule has 1 aromatic heterocycles. The molecule has 1 amide bonds. The Bertz CT molecular complexity index is 1510. The number of aromatic nitrogens is 1. The summed E-state index contributed by atoms with van der Waals surface area (Å²) in [6, 6.07) is 24.1. The molecule has 0 bridgehead atoms. The summed E-state index contributed by atoms with van der Waals surface area (Å²) in [6.45, 7) is 2.01. The zero-order chi connectivity index (χ0) is 24.4. The molecule has 4 heteroatoms. The molecule has 0 spiro atoms. The van der Waals surface area contributed by atoms with Gasteiger partial charge in [-0.05, 0) is 59.5 Å².